The lowest BCUT2D eigenvalue weighted by Gasteiger charge is -2.29. The number of amides is 1. The molecule has 6 heteroatoms. The van der Waals surface area contributed by atoms with Gasteiger partial charge in [-0.05, 0) is 62.7 Å². The molecule has 0 radical (unpaired) electrons. The van der Waals surface area contributed by atoms with E-state index in [4.69, 9.17) is 4.74 Å². The number of Topliss-reactive ketones (excluding diaryl/α,β-unsaturated/α-hetero) is 1. The van der Waals surface area contributed by atoms with Gasteiger partial charge in [0.05, 0.1) is 13.0 Å². The van der Waals surface area contributed by atoms with Gasteiger partial charge in [0.1, 0.15) is 10.2 Å². The van der Waals surface area contributed by atoms with Gasteiger partial charge in [0.2, 0.25) is 0 Å². The number of halogens is 1. The molecule has 0 fully saturated rings. The number of ether oxygens (including phenoxy) is 1. The number of hydrogen-bond acceptors (Lipinski definition) is 4. The van der Waals surface area contributed by atoms with E-state index in [1.165, 1.54) is 4.90 Å². The molecule has 0 aliphatic carbocycles. The fourth-order valence-corrected chi connectivity index (χ4v) is 2.16. The SMILES string of the molecule is CC(C)N(CC(=O)Cc1cccc(Br)n1)C(=O)OC(C)(C)C. The minimum atomic E-state index is -0.584. The summed E-state index contributed by atoms with van der Waals surface area (Å²) in [4.78, 5) is 30.0. The van der Waals surface area contributed by atoms with E-state index in [9.17, 15) is 9.59 Å². The molecule has 122 valence electrons. The van der Waals surface area contributed by atoms with Crippen molar-refractivity contribution in [2.75, 3.05) is 6.54 Å². The molecule has 1 amide bonds. The number of carbonyl (C=O) groups is 2. The predicted octanol–water partition coefficient (Wildman–Crippen LogP) is 3.60. The highest BCUT2D eigenvalue weighted by Crippen LogP contribution is 2.13. The maximum Gasteiger partial charge on any atom is 0.410 e. The third kappa shape index (κ3) is 6.56. The monoisotopic (exact) mass is 370 g/mol. The molecule has 0 spiro atoms. The van der Waals surface area contributed by atoms with Crippen LogP contribution in [0.2, 0.25) is 0 Å². The third-order valence-corrected chi connectivity index (χ3v) is 3.19. The summed E-state index contributed by atoms with van der Waals surface area (Å²) < 4.78 is 6.03. The molecular formula is C16H23BrN2O3. The molecule has 1 aromatic rings. The smallest absolute Gasteiger partial charge is 0.410 e. The Hall–Kier alpha value is -1.43. The second-order valence-electron chi connectivity index (χ2n) is 6.37. The Morgan fingerprint density at radius 1 is 1.32 bits per heavy atom. The molecule has 22 heavy (non-hydrogen) atoms. The number of ketones is 1. The molecule has 5 nitrogen and oxygen atoms in total. The van der Waals surface area contributed by atoms with E-state index in [1.807, 2.05) is 19.9 Å². The van der Waals surface area contributed by atoms with Crippen LogP contribution in [0.5, 0.6) is 0 Å². The van der Waals surface area contributed by atoms with Crippen molar-refractivity contribution < 1.29 is 14.3 Å². The van der Waals surface area contributed by atoms with E-state index >= 15 is 0 Å². The van der Waals surface area contributed by atoms with Crippen LogP contribution in [0.25, 0.3) is 0 Å². The van der Waals surface area contributed by atoms with Crippen molar-refractivity contribution >= 4 is 27.8 Å². The first kappa shape index (κ1) is 18.6. The molecule has 0 aliphatic heterocycles. The summed E-state index contributed by atoms with van der Waals surface area (Å²) in [5.41, 5.74) is 0.0892. The molecule has 0 N–H and O–H groups in total. The highest BCUT2D eigenvalue weighted by atomic mass is 79.9. The first-order valence-electron chi connectivity index (χ1n) is 7.21. The maximum absolute atomic E-state index is 12.2. The molecule has 0 unspecified atom stereocenters. The molecule has 1 rings (SSSR count). The minimum Gasteiger partial charge on any atom is -0.444 e. The quantitative estimate of drug-likeness (QED) is 0.742. The van der Waals surface area contributed by atoms with Gasteiger partial charge < -0.3 is 4.74 Å². The molecule has 0 atom stereocenters. The molecular weight excluding hydrogens is 348 g/mol. The normalized spacial score (nSPS) is 11.4. The highest BCUT2D eigenvalue weighted by molar-refractivity contribution is 9.10. The van der Waals surface area contributed by atoms with Crippen LogP contribution in [0.4, 0.5) is 4.79 Å². The first-order valence-corrected chi connectivity index (χ1v) is 8.00. The van der Waals surface area contributed by atoms with Gasteiger partial charge in [-0.3, -0.25) is 9.69 Å². The van der Waals surface area contributed by atoms with Crippen LogP contribution in [0.3, 0.4) is 0 Å². The van der Waals surface area contributed by atoms with Crippen LogP contribution in [-0.2, 0) is 16.0 Å². The summed E-state index contributed by atoms with van der Waals surface area (Å²) in [6.07, 6.45) is -0.288. The van der Waals surface area contributed by atoms with Gasteiger partial charge in [0.15, 0.2) is 5.78 Å². The van der Waals surface area contributed by atoms with E-state index in [0.717, 1.165) is 0 Å². The van der Waals surface area contributed by atoms with Crippen molar-refractivity contribution in [2.24, 2.45) is 0 Å². The summed E-state index contributed by atoms with van der Waals surface area (Å²) in [6.45, 7) is 9.13. The second kappa shape index (κ2) is 7.72. The molecule has 0 aliphatic rings. The predicted molar refractivity (Wildman–Crippen MR) is 88.7 cm³/mol. The van der Waals surface area contributed by atoms with Gasteiger partial charge in [-0.2, -0.15) is 0 Å². The molecule has 0 saturated carbocycles. The van der Waals surface area contributed by atoms with Crippen molar-refractivity contribution in [2.45, 2.75) is 52.7 Å². The van der Waals surface area contributed by atoms with E-state index in [2.05, 4.69) is 20.9 Å². The van der Waals surface area contributed by atoms with Crippen molar-refractivity contribution in [3.05, 3.63) is 28.5 Å². The maximum atomic E-state index is 12.2. The number of rotatable bonds is 5. The summed E-state index contributed by atoms with van der Waals surface area (Å²) in [7, 11) is 0. The van der Waals surface area contributed by atoms with Crippen molar-refractivity contribution in [1.82, 2.24) is 9.88 Å². The van der Waals surface area contributed by atoms with Crippen molar-refractivity contribution in [3.63, 3.8) is 0 Å². The van der Waals surface area contributed by atoms with Gasteiger partial charge in [-0.25, -0.2) is 9.78 Å². The summed E-state index contributed by atoms with van der Waals surface area (Å²) in [5, 5.41) is 0. The summed E-state index contributed by atoms with van der Waals surface area (Å²) in [6, 6.07) is 5.30. The lowest BCUT2D eigenvalue weighted by Crippen LogP contribution is -2.44. The van der Waals surface area contributed by atoms with Gasteiger partial charge in [-0.1, -0.05) is 6.07 Å². The molecule has 1 aromatic heterocycles. The number of nitrogens with zero attached hydrogens (tertiary/aromatic N) is 2. The van der Waals surface area contributed by atoms with Crippen LogP contribution in [-0.4, -0.2) is 39.9 Å². The number of pyridine rings is 1. The number of hydrogen-bond donors (Lipinski definition) is 0. The third-order valence-electron chi connectivity index (χ3n) is 2.75. The summed E-state index contributed by atoms with van der Waals surface area (Å²) >= 11 is 3.28. The fraction of sp³-hybridized carbons (Fsp3) is 0.562. The van der Waals surface area contributed by atoms with Gasteiger partial charge in [0, 0.05) is 11.7 Å². The number of carbonyl (C=O) groups excluding carboxylic acids is 2. The zero-order valence-corrected chi connectivity index (χ0v) is 15.3. The van der Waals surface area contributed by atoms with Crippen LogP contribution in [0.15, 0.2) is 22.8 Å². The Morgan fingerprint density at radius 2 is 1.95 bits per heavy atom. The fourth-order valence-electron chi connectivity index (χ4n) is 1.78. The zero-order chi connectivity index (χ0) is 16.9. The minimum absolute atomic E-state index is 0.0147. The Bertz CT molecular complexity index is 538. The Morgan fingerprint density at radius 3 is 2.45 bits per heavy atom. The van der Waals surface area contributed by atoms with E-state index in [1.54, 1.807) is 32.9 Å². The van der Waals surface area contributed by atoms with Crippen molar-refractivity contribution in [1.29, 1.82) is 0 Å². The lowest BCUT2D eigenvalue weighted by atomic mass is 10.2. The Balaban J connectivity index is 2.70. The molecule has 0 aromatic carbocycles. The summed E-state index contributed by atoms with van der Waals surface area (Å²) in [5.74, 6) is -0.0786. The topological polar surface area (TPSA) is 59.5 Å². The van der Waals surface area contributed by atoms with Gasteiger partial charge in [-0.15, -0.1) is 0 Å². The Labute approximate surface area is 140 Å². The Kier molecular flexibility index (Phi) is 6.53. The first-order chi connectivity index (χ1) is 10.1. The average molecular weight is 371 g/mol. The van der Waals surface area contributed by atoms with Crippen LogP contribution in [0.1, 0.15) is 40.3 Å². The molecule has 0 bridgehead atoms. The second-order valence-corrected chi connectivity index (χ2v) is 7.18. The van der Waals surface area contributed by atoms with Crippen molar-refractivity contribution in [3.8, 4) is 0 Å². The molecule has 1 heterocycles. The standard InChI is InChI=1S/C16H23BrN2O3/c1-11(2)19(15(21)22-16(3,4)5)10-13(20)9-12-7-6-8-14(17)18-12/h6-8,11H,9-10H2,1-5H3. The van der Waals surface area contributed by atoms with E-state index in [-0.39, 0.29) is 24.8 Å². The highest BCUT2D eigenvalue weighted by Gasteiger charge is 2.26. The van der Waals surface area contributed by atoms with E-state index in [0.29, 0.717) is 10.3 Å². The van der Waals surface area contributed by atoms with Crippen LogP contribution >= 0.6 is 15.9 Å². The largest absolute Gasteiger partial charge is 0.444 e. The van der Waals surface area contributed by atoms with Gasteiger partial charge in [0.25, 0.3) is 0 Å². The number of aromatic nitrogens is 1. The molecule has 0 saturated heterocycles. The van der Waals surface area contributed by atoms with Crippen LogP contribution in [0, 0.1) is 0 Å². The average Bonchev–Trinajstić information content (AvgIpc) is 2.33. The zero-order valence-electron chi connectivity index (χ0n) is 13.7. The lowest BCUT2D eigenvalue weighted by molar-refractivity contribution is -0.120. The van der Waals surface area contributed by atoms with E-state index < -0.39 is 11.7 Å². The van der Waals surface area contributed by atoms with Gasteiger partial charge >= 0.3 is 6.09 Å². The van der Waals surface area contributed by atoms with Crippen LogP contribution < -0.4 is 0 Å².